The monoisotopic (exact) mass is 531 g/mol. The summed E-state index contributed by atoms with van der Waals surface area (Å²) < 4.78 is 44.4. The van der Waals surface area contributed by atoms with Crippen LogP contribution >= 0.6 is 0 Å². The fourth-order valence-electron chi connectivity index (χ4n) is 5.16. The van der Waals surface area contributed by atoms with Gasteiger partial charge in [-0.15, -0.1) is 0 Å². The van der Waals surface area contributed by atoms with Gasteiger partial charge in [0.1, 0.15) is 5.56 Å². The van der Waals surface area contributed by atoms with Gasteiger partial charge in [-0.25, -0.2) is 14.3 Å². The van der Waals surface area contributed by atoms with Crippen LogP contribution in [0.25, 0.3) is 22.3 Å². The number of halogens is 3. The number of hydrogen-bond acceptors (Lipinski definition) is 6. The highest BCUT2D eigenvalue weighted by Crippen LogP contribution is 2.45. The first-order valence-electron chi connectivity index (χ1n) is 12.3. The van der Waals surface area contributed by atoms with Crippen LogP contribution in [0.1, 0.15) is 52.2 Å². The lowest BCUT2D eigenvalue weighted by molar-refractivity contribution is -0.137. The van der Waals surface area contributed by atoms with Crippen molar-refractivity contribution in [1.29, 1.82) is 0 Å². The summed E-state index contributed by atoms with van der Waals surface area (Å²) in [5, 5.41) is 26.8. The molecule has 196 valence electrons. The molecule has 0 radical (unpaired) electrons. The number of anilines is 2. The molecule has 7 rings (SSSR count). The average Bonchev–Trinajstić information content (AvgIpc) is 3.29. The molecule has 5 aromatic rings. The Kier molecular flexibility index (Phi) is 5.04. The van der Waals surface area contributed by atoms with Crippen LogP contribution in [-0.2, 0) is 6.18 Å². The minimum absolute atomic E-state index is 0.00449. The molecule has 1 fully saturated rings. The van der Waals surface area contributed by atoms with Crippen molar-refractivity contribution in [1.82, 2.24) is 24.5 Å². The van der Waals surface area contributed by atoms with Crippen LogP contribution in [0.2, 0.25) is 0 Å². The summed E-state index contributed by atoms with van der Waals surface area (Å²) in [6, 6.07) is 11.6. The fraction of sp³-hybridized carbons (Fsp3) is 0.185. The standard InChI is InChI=1S/C27H20F3N7O2/c28-27(29,30)19-11-15(12-31-24(19)36-10-2-9-32-36)34-26(39)18-13-33-37(23(18)14-5-6-14)21-8-7-20-22-16(21)3-1-4-17(22)25(38)35-20/h1-4,7-14,26,34,39H,5-6H2,(H,35,38). The third-order valence-electron chi connectivity index (χ3n) is 7.03. The maximum atomic E-state index is 13.9. The zero-order chi connectivity index (χ0) is 26.9. The van der Waals surface area contributed by atoms with Gasteiger partial charge >= 0.3 is 6.18 Å². The average molecular weight is 531 g/mol. The molecule has 1 saturated carbocycles. The number of hydrogen-bond donors (Lipinski definition) is 3. The molecule has 2 aromatic carbocycles. The van der Waals surface area contributed by atoms with Crippen LogP contribution in [0.5, 0.6) is 0 Å². The van der Waals surface area contributed by atoms with Crippen molar-refractivity contribution in [2.75, 3.05) is 10.6 Å². The van der Waals surface area contributed by atoms with E-state index in [9.17, 15) is 23.1 Å². The summed E-state index contributed by atoms with van der Waals surface area (Å²) >= 11 is 0. The summed E-state index contributed by atoms with van der Waals surface area (Å²) in [5.41, 5.74) is 2.29. The second-order valence-electron chi connectivity index (χ2n) is 9.58. The van der Waals surface area contributed by atoms with E-state index in [1.54, 1.807) is 10.7 Å². The molecular weight excluding hydrogens is 511 g/mol. The summed E-state index contributed by atoms with van der Waals surface area (Å²) in [6.45, 7) is 0. The predicted molar refractivity (Wildman–Crippen MR) is 136 cm³/mol. The van der Waals surface area contributed by atoms with Crippen molar-refractivity contribution in [2.45, 2.75) is 31.2 Å². The summed E-state index contributed by atoms with van der Waals surface area (Å²) in [6.07, 6.45) is 1.25. The molecule has 1 aliphatic carbocycles. The summed E-state index contributed by atoms with van der Waals surface area (Å²) in [7, 11) is 0. The second-order valence-corrected chi connectivity index (χ2v) is 9.58. The van der Waals surface area contributed by atoms with Crippen molar-refractivity contribution in [3.8, 4) is 11.5 Å². The molecule has 0 bridgehead atoms. The normalized spacial score (nSPS) is 15.5. The van der Waals surface area contributed by atoms with Crippen LogP contribution in [0, 0.1) is 0 Å². The Balaban J connectivity index is 1.27. The molecule has 3 aromatic heterocycles. The summed E-state index contributed by atoms with van der Waals surface area (Å²) in [4.78, 5) is 16.3. The molecular formula is C27H20F3N7O2. The number of aliphatic hydroxyl groups is 1. The van der Waals surface area contributed by atoms with Crippen molar-refractivity contribution >= 4 is 28.1 Å². The van der Waals surface area contributed by atoms with E-state index in [2.05, 4.69) is 25.8 Å². The van der Waals surface area contributed by atoms with Crippen LogP contribution in [0.3, 0.4) is 0 Å². The molecule has 1 aliphatic heterocycles. The first-order chi connectivity index (χ1) is 18.8. The quantitative estimate of drug-likeness (QED) is 0.261. The van der Waals surface area contributed by atoms with Crippen LogP contribution in [-0.4, -0.2) is 35.6 Å². The van der Waals surface area contributed by atoms with E-state index in [4.69, 9.17) is 0 Å². The van der Waals surface area contributed by atoms with Crippen LogP contribution in [0.15, 0.2) is 67.3 Å². The lowest BCUT2D eigenvalue weighted by atomic mass is 10.0. The number of benzene rings is 2. The minimum atomic E-state index is -4.69. The lowest BCUT2D eigenvalue weighted by Gasteiger charge is -2.18. The number of carbonyl (C=O) groups excluding carboxylic acids is 1. The van der Waals surface area contributed by atoms with Gasteiger partial charge in [-0.1, -0.05) is 12.1 Å². The molecule has 39 heavy (non-hydrogen) atoms. The van der Waals surface area contributed by atoms with E-state index in [-0.39, 0.29) is 23.3 Å². The topological polar surface area (TPSA) is 110 Å². The number of aliphatic hydroxyl groups excluding tert-OH is 1. The number of carbonyl (C=O) groups is 1. The molecule has 0 saturated heterocycles. The number of pyridine rings is 1. The Morgan fingerprint density at radius 3 is 2.69 bits per heavy atom. The molecule has 9 nitrogen and oxygen atoms in total. The zero-order valence-electron chi connectivity index (χ0n) is 20.1. The SMILES string of the molecule is O=C1Nc2ccc(-n3ncc(C(O)Nc4cnc(-n5cccn5)c(C(F)(F)F)c4)c3C3CC3)c3cccc1c23. The van der Waals surface area contributed by atoms with Gasteiger partial charge in [0.15, 0.2) is 12.0 Å². The molecule has 1 atom stereocenters. The first kappa shape index (κ1) is 23.4. The maximum Gasteiger partial charge on any atom is 0.420 e. The molecule has 4 heterocycles. The van der Waals surface area contributed by atoms with Gasteiger partial charge in [0.25, 0.3) is 5.91 Å². The Morgan fingerprint density at radius 1 is 1.10 bits per heavy atom. The van der Waals surface area contributed by atoms with Gasteiger partial charge in [-0.3, -0.25) is 4.79 Å². The van der Waals surface area contributed by atoms with E-state index in [1.807, 2.05) is 24.3 Å². The highest BCUT2D eigenvalue weighted by Gasteiger charge is 2.37. The van der Waals surface area contributed by atoms with Gasteiger partial charge in [0.05, 0.1) is 29.5 Å². The third-order valence-corrected chi connectivity index (χ3v) is 7.03. The zero-order valence-corrected chi connectivity index (χ0v) is 20.1. The largest absolute Gasteiger partial charge is 0.420 e. The molecule has 2 aliphatic rings. The fourth-order valence-corrected chi connectivity index (χ4v) is 5.16. The van der Waals surface area contributed by atoms with Gasteiger partial charge in [-0.2, -0.15) is 23.4 Å². The Labute approximate surface area is 218 Å². The Bertz CT molecular complexity index is 1760. The van der Waals surface area contributed by atoms with Crippen molar-refractivity contribution < 1.29 is 23.1 Å². The van der Waals surface area contributed by atoms with Gasteiger partial charge in [0, 0.05) is 45.9 Å². The Hall–Kier alpha value is -4.71. The number of rotatable bonds is 6. The molecule has 12 heteroatoms. The third kappa shape index (κ3) is 3.83. The highest BCUT2D eigenvalue weighted by molar-refractivity contribution is 6.25. The van der Waals surface area contributed by atoms with Crippen molar-refractivity contribution in [3.05, 3.63) is 89.6 Å². The molecule has 3 N–H and O–H groups in total. The van der Waals surface area contributed by atoms with Crippen LogP contribution in [0.4, 0.5) is 24.5 Å². The summed E-state index contributed by atoms with van der Waals surface area (Å²) in [5.74, 6) is -0.395. The molecule has 1 amide bonds. The van der Waals surface area contributed by atoms with E-state index >= 15 is 0 Å². The lowest BCUT2D eigenvalue weighted by Crippen LogP contribution is -2.16. The number of aromatic nitrogens is 5. The van der Waals surface area contributed by atoms with Crippen molar-refractivity contribution in [2.24, 2.45) is 0 Å². The van der Waals surface area contributed by atoms with Gasteiger partial charge in [-0.05, 0) is 43.2 Å². The van der Waals surface area contributed by atoms with E-state index in [0.717, 1.165) is 51.4 Å². The number of nitrogens with one attached hydrogen (secondary N) is 2. The highest BCUT2D eigenvalue weighted by atomic mass is 19.4. The smallest absolute Gasteiger partial charge is 0.369 e. The number of alkyl halides is 3. The molecule has 0 spiro atoms. The number of nitrogens with zero attached hydrogens (tertiary/aromatic N) is 5. The van der Waals surface area contributed by atoms with E-state index in [0.29, 0.717) is 11.1 Å². The Morgan fingerprint density at radius 2 is 1.95 bits per heavy atom. The van der Waals surface area contributed by atoms with Gasteiger partial charge < -0.3 is 15.7 Å². The van der Waals surface area contributed by atoms with Crippen molar-refractivity contribution in [3.63, 3.8) is 0 Å². The van der Waals surface area contributed by atoms with E-state index in [1.165, 1.54) is 30.9 Å². The van der Waals surface area contributed by atoms with E-state index < -0.39 is 18.0 Å². The predicted octanol–water partition coefficient (Wildman–Crippen LogP) is 5.17. The maximum absolute atomic E-state index is 13.9. The number of amides is 1. The van der Waals surface area contributed by atoms with Crippen LogP contribution < -0.4 is 10.6 Å². The first-order valence-corrected chi connectivity index (χ1v) is 12.3. The van der Waals surface area contributed by atoms with Gasteiger partial charge in [0.2, 0.25) is 0 Å². The second kappa shape index (κ2) is 8.40. The minimum Gasteiger partial charge on any atom is -0.369 e. The molecule has 1 unspecified atom stereocenters.